The maximum absolute atomic E-state index is 11.9. The Kier molecular flexibility index (Phi) is 6.06. The summed E-state index contributed by atoms with van der Waals surface area (Å²) in [6.45, 7) is 6.73. The van der Waals surface area contributed by atoms with Crippen LogP contribution in [0.5, 0.6) is 5.75 Å². The van der Waals surface area contributed by atoms with Crippen LogP contribution in [0.25, 0.3) is 0 Å². The summed E-state index contributed by atoms with van der Waals surface area (Å²) in [7, 11) is 0. The Labute approximate surface area is 115 Å². The Balaban J connectivity index is 2.72. The molecule has 0 amide bonds. The van der Waals surface area contributed by atoms with Crippen LogP contribution in [-0.4, -0.2) is 23.4 Å². The van der Waals surface area contributed by atoms with Gasteiger partial charge in [-0.2, -0.15) is 11.8 Å². The summed E-state index contributed by atoms with van der Waals surface area (Å²) in [4.78, 5) is 11.9. The first kappa shape index (κ1) is 14.6. The third-order valence-electron chi connectivity index (χ3n) is 2.10. The number of thioether (sulfide) groups is 1. The van der Waals surface area contributed by atoms with Crippen LogP contribution >= 0.6 is 27.7 Å². The number of halogens is 1. The second kappa shape index (κ2) is 7.07. The van der Waals surface area contributed by atoms with Gasteiger partial charge in [0.25, 0.3) is 0 Å². The first-order valence-corrected chi connectivity index (χ1v) is 7.46. The van der Waals surface area contributed by atoms with Crippen molar-refractivity contribution in [2.75, 3.05) is 12.4 Å². The molecule has 1 aromatic rings. The average Bonchev–Trinajstić information content (AvgIpc) is 2.28. The first-order valence-electron chi connectivity index (χ1n) is 5.61. The molecule has 0 heterocycles. The van der Waals surface area contributed by atoms with Gasteiger partial charge in [-0.1, -0.05) is 13.8 Å². The van der Waals surface area contributed by atoms with Gasteiger partial charge in [0.1, 0.15) is 5.75 Å². The van der Waals surface area contributed by atoms with E-state index in [0.29, 0.717) is 17.6 Å². The van der Waals surface area contributed by atoms with E-state index in [0.717, 1.165) is 15.8 Å². The van der Waals surface area contributed by atoms with Gasteiger partial charge in [0, 0.05) is 5.56 Å². The zero-order valence-electron chi connectivity index (χ0n) is 10.3. The van der Waals surface area contributed by atoms with Crippen LogP contribution in [0.1, 0.15) is 31.1 Å². The van der Waals surface area contributed by atoms with Gasteiger partial charge in [-0.25, -0.2) is 0 Å². The van der Waals surface area contributed by atoms with E-state index in [1.165, 1.54) is 0 Å². The van der Waals surface area contributed by atoms with E-state index in [-0.39, 0.29) is 5.78 Å². The minimum Gasteiger partial charge on any atom is -0.493 e. The van der Waals surface area contributed by atoms with E-state index in [2.05, 4.69) is 29.8 Å². The maximum Gasteiger partial charge on any atom is 0.172 e. The summed E-state index contributed by atoms with van der Waals surface area (Å²) in [6.07, 6.45) is 0. The lowest BCUT2D eigenvalue weighted by molar-refractivity contribution is 0.102. The molecule has 1 aromatic carbocycles. The number of hydrogen-bond donors (Lipinski definition) is 0. The summed E-state index contributed by atoms with van der Waals surface area (Å²) in [6, 6.07) is 5.48. The molecule has 17 heavy (non-hydrogen) atoms. The molecule has 0 aliphatic rings. The van der Waals surface area contributed by atoms with Crippen molar-refractivity contribution in [1.82, 2.24) is 0 Å². The molecule has 0 radical (unpaired) electrons. The van der Waals surface area contributed by atoms with Gasteiger partial charge in [-0.05, 0) is 46.3 Å². The monoisotopic (exact) mass is 316 g/mol. The maximum atomic E-state index is 11.9. The number of hydrogen-bond acceptors (Lipinski definition) is 3. The molecule has 0 aliphatic heterocycles. The van der Waals surface area contributed by atoms with E-state index in [4.69, 9.17) is 4.74 Å². The fraction of sp³-hybridized carbons (Fsp3) is 0.462. The SMILES string of the molecule is CCOc1ccc(C(=O)CSC(C)C)cc1Br. The predicted molar refractivity (Wildman–Crippen MR) is 77.2 cm³/mol. The zero-order valence-corrected chi connectivity index (χ0v) is 12.7. The number of ketones is 1. The van der Waals surface area contributed by atoms with Gasteiger partial charge < -0.3 is 4.74 Å². The number of benzene rings is 1. The van der Waals surface area contributed by atoms with Crippen LogP contribution < -0.4 is 4.74 Å². The molecule has 94 valence electrons. The Hall–Kier alpha value is -0.480. The highest BCUT2D eigenvalue weighted by atomic mass is 79.9. The third kappa shape index (κ3) is 4.72. The lowest BCUT2D eigenvalue weighted by Gasteiger charge is -2.08. The highest BCUT2D eigenvalue weighted by Crippen LogP contribution is 2.26. The van der Waals surface area contributed by atoms with Crippen molar-refractivity contribution < 1.29 is 9.53 Å². The molecule has 0 saturated carbocycles. The molecule has 4 heteroatoms. The van der Waals surface area contributed by atoms with Crippen molar-refractivity contribution in [2.45, 2.75) is 26.0 Å². The van der Waals surface area contributed by atoms with Crippen molar-refractivity contribution in [3.8, 4) is 5.75 Å². The number of carbonyl (C=O) groups is 1. The van der Waals surface area contributed by atoms with E-state index >= 15 is 0 Å². The van der Waals surface area contributed by atoms with Crippen molar-refractivity contribution in [3.63, 3.8) is 0 Å². The van der Waals surface area contributed by atoms with Gasteiger partial charge in [-0.3, -0.25) is 4.79 Å². The Morgan fingerprint density at radius 1 is 1.47 bits per heavy atom. The highest BCUT2D eigenvalue weighted by Gasteiger charge is 2.10. The van der Waals surface area contributed by atoms with Crippen LogP contribution in [0, 0.1) is 0 Å². The van der Waals surface area contributed by atoms with Crippen molar-refractivity contribution in [3.05, 3.63) is 28.2 Å². The Bertz CT molecular complexity index is 391. The molecule has 0 N–H and O–H groups in total. The Morgan fingerprint density at radius 2 is 2.18 bits per heavy atom. The second-order valence-corrected chi connectivity index (χ2v) is 6.28. The van der Waals surface area contributed by atoms with E-state index in [1.807, 2.05) is 25.1 Å². The third-order valence-corrected chi connectivity index (χ3v) is 3.82. The van der Waals surface area contributed by atoms with Crippen molar-refractivity contribution in [2.24, 2.45) is 0 Å². The second-order valence-electron chi connectivity index (χ2n) is 3.86. The number of carbonyl (C=O) groups excluding carboxylic acids is 1. The number of Topliss-reactive ketones (excluding diaryl/α,β-unsaturated/α-hetero) is 1. The van der Waals surface area contributed by atoms with Crippen LogP contribution in [-0.2, 0) is 0 Å². The largest absolute Gasteiger partial charge is 0.493 e. The lowest BCUT2D eigenvalue weighted by atomic mass is 10.1. The van der Waals surface area contributed by atoms with Crippen molar-refractivity contribution >= 4 is 33.5 Å². The first-order chi connectivity index (χ1) is 8.04. The number of ether oxygens (including phenoxy) is 1. The van der Waals surface area contributed by atoms with Crippen LogP contribution in [0.4, 0.5) is 0 Å². The summed E-state index contributed by atoms with van der Waals surface area (Å²) in [5.74, 6) is 1.46. The molecule has 0 aromatic heterocycles. The van der Waals surface area contributed by atoms with Crippen LogP contribution in [0.2, 0.25) is 0 Å². The van der Waals surface area contributed by atoms with Crippen LogP contribution in [0.3, 0.4) is 0 Å². The van der Waals surface area contributed by atoms with Gasteiger partial charge in [0.05, 0.1) is 16.8 Å². The number of rotatable bonds is 6. The van der Waals surface area contributed by atoms with Crippen LogP contribution in [0.15, 0.2) is 22.7 Å². The standard InChI is InChI=1S/C13H17BrO2S/c1-4-16-13-6-5-10(7-11(13)14)12(15)8-17-9(2)3/h5-7,9H,4,8H2,1-3H3. The normalized spacial score (nSPS) is 10.6. The molecule has 0 saturated heterocycles. The van der Waals surface area contributed by atoms with E-state index < -0.39 is 0 Å². The zero-order chi connectivity index (χ0) is 12.8. The molecule has 0 atom stereocenters. The van der Waals surface area contributed by atoms with Gasteiger partial charge in [0.2, 0.25) is 0 Å². The molecule has 2 nitrogen and oxygen atoms in total. The molecule has 0 bridgehead atoms. The predicted octanol–water partition coefficient (Wildman–Crippen LogP) is 4.17. The summed E-state index contributed by atoms with van der Waals surface area (Å²) in [5.41, 5.74) is 0.730. The molecule has 0 fully saturated rings. The summed E-state index contributed by atoms with van der Waals surface area (Å²) in [5, 5.41) is 0.477. The minimum absolute atomic E-state index is 0.160. The molecule has 1 rings (SSSR count). The van der Waals surface area contributed by atoms with E-state index in [9.17, 15) is 4.79 Å². The smallest absolute Gasteiger partial charge is 0.172 e. The molecular formula is C13H17BrO2S. The molecule has 0 spiro atoms. The fourth-order valence-corrected chi connectivity index (χ4v) is 2.42. The Morgan fingerprint density at radius 3 is 2.71 bits per heavy atom. The van der Waals surface area contributed by atoms with E-state index in [1.54, 1.807) is 11.8 Å². The fourth-order valence-electron chi connectivity index (χ4n) is 1.27. The quantitative estimate of drug-likeness (QED) is 0.737. The minimum atomic E-state index is 0.160. The molecular weight excluding hydrogens is 300 g/mol. The highest BCUT2D eigenvalue weighted by molar-refractivity contribution is 9.10. The molecule has 0 aliphatic carbocycles. The lowest BCUT2D eigenvalue weighted by Crippen LogP contribution is -2.05. The molecule has 0 unspecified atom stereocenters. The topological polar surface area (TPSA) is 26.3 Å². The van der Waals surface area contributed by atoms with Crippen molar-refractivity contribution in [1.29, 1.82) is 0 Å². The average molecular weight is 317 g/mol. The summed E-state index contributed by atoms with van der Waals surface area (Å²) < 4.78 is 6.24. The summed E-state index contributed by atoms with van der Waals surface area (Å²) >= 11 is 5.07. The van der Waals surface area contributed by atoms with Gasteiger partial charge >= 0.3 is 0 Å². The van der Waals surface area contributed by atoms with Gasteiger partial charge in [0.15, 0.2) is 5.78 Å². The van der Waals surface area contributed by atoms with Gasteiger partial charge in [-0.15, -0.1) is 0 Å².